The molecule has 18 heavy (non-hydrogen) atoms. The van der Waals surface area contributed by atoms with Crippen LogP contribution >= 0.6 is 0 Å². The first-order chi connectivity index (χ1) is 8.70. The summed E-state index contributed by atoms with van der Waals surface area (Å²) in [7, 11) is 0. The van der Waals surface area contributed by atoms with Gasteiger partial charge in [0.25, 0.3) is 0 Å². The molecule has 5 nitrogen and oxygen atoms in total. The van der Waals surface area contributed by atoms with E-state index in [4.69, 9.17) is 5.84 Å². The second-order valence-corrected chi connectivity index (χ2v) is 5.33. The standard InChI is InChI=1S/C13H23N5/c1-10(2)11-4-3-6-18(7-5-11)13-9-15-8-12(16-13)17-14/h8-11H,3-7,14H2,1-2H3,(H,16,17). The summed E-state index contributed by atoms with van der Waals surface area (Å²) in [6.07, 6.45) is 7.23. The predicted molar refractivity (Wildman–Crippen MR) is 74.2 cm³/mol. The average molecular weight is 249 g/mol. The van der Waals surface area contributed by atoms with E-state index < -0.39 is 0 Å². The molecule has 0 amide bonds. The third-order valence-electron chi connectivity index (χ3n) is 3.81. The van der Waals surface area contributed by atoms with Gasteiger partial charge in [-0.2, -0.15) is 0 Å². The smallest absolute Gasteiger partial charge is 0.160 e. The van der Waals surface area contributed by atoms with Crippen molar-refractivity contribution in [3.63, 3.8) is 0 Å². The van der Waals surface area contributed by atoms with Crippen molar-refractivity contribution in [1.82, 2.24) is 9.97 Å². The quantitative estimate of drug-likeness (QED) is 0.633. The fourth-order valence-electron chi connectivity index (χ4n) is 2.60. The van der Waals surface area contributed by atoms with E-state index in [9.17, 15) is 0 Å². The highest BCUT2D eigenvalue weighted by molar-refractivity contribution is 5.43. The molecule has 1 aliphatic heterocycles. The largest absolute Gasteiger partial charge is 0.355 e. The Morgan fingerprint density at radius 2 is 2.17 bits per heavy atom. The van der Waals surface area contributed by atoms with E-state index in [0.29, 0.717) is 5.82 Å². The number of hydrogen-bond acceptors (Lipinski definition) is 5. The third-order valence-corrected chi connectivity index (χ3v) is 3.81. The van der Waals surface area contributed by atoms with Crippen LogP contribution in [0.25, 0.3) is 0 Å². The fourth-order valence-corrected chi connectivity index (χ4v) is 2.60. The minimum absolute atomic E-state index is 0.622. The zero-order chi connectivity index (χ0) is 13.0. The molecule has 0 spiro atoms. The fraction of sp³-hybridized carbons (Fsp3) is 0.692. The zero-order valence-corrected chi connectivity index (χ0v) is 11.3. The lowest BCUT2D eigenvalue weighted by Gasteiger charge is -2.22. The Labute approximate surface area is 109 Å². The first kappa shape index (κ1) is 13.1. The van der Waals surface area contributed by atoms with Crippen molar-refractivity contribution in [3.8, 4) is 0 Å². The molecule has 1 fully saturated rings. The maximum Gasteiger partial charge on any atom is 0.160 e. The maximum atomic E-state index is 5.37. The summed E-state index contributed by atoms with van der Waals surface area (Å²) >= 11 is 0. The lowest BCUT2D eigenvalue weighted by Crippen LogP contribution is -2.26. The highest BCUT2D eigenvalue weighted by Gasteiger charge is 2.20. The van der Waals surface area contributed by atoms with Crippen LogP contribution in [0.2, 0.25) is 0 Å². The second-order valence-electron chi connectivity index (χ2n) is 5.33. The van der Waals surface area contributed by atoms with Crippen LogP contribution in [0.1, 0.15) is 33.1 Å². The Morgan fingerprint density at radius 1 is 1.33 bits per heavy atom. The van der Waals surface area contributed by atoms with Gasteiger partial charge in [0.15, 0.2) is 5.82 Å². The molecule has 0 radical (unpaired) electrons. The number of nitrogens with one attached hydrogen (secondary N) is 1. The van der Waals surface area contributed by atoms with E-state index in [2.05, 4.69) is 34.1 Å². The number of hydrazine groups is 1. The topological polar surface area (TPSA) is 67.1 Å². The van der Waals surface area contributed by atoms with Gasteiger partial charge in [0.1, 0.15) is 5.82 Å². The molecule has 0 aromatic carbocycles. The van der Waals surface area contributed by atoms with Crippen LogP contribution in [-0.2, 0) is 0 Å². The van der Waals surface area contributed by atoms with Crippen molar-refractivity contribution in [3.05, 3.63) is 12.4 Å². The maximum absolute atomic E-state index is 5.37. The summed E-state index contributed by atoms with van der Waals surface area (Å²) in [6.45, 7) is 6.76. The highest BCUT2D eigenvalue weighted by atomic mass is 15.3. The minimum atomic E-state index is 0.622. The summed E-state index contributed by atoms with van der Waals surface area (Å²) in [5.41, 5.74) is 2.55. The normalized spacial score (nSPS) is 20.9. The molecular weight excluding hydrogens is 226 g/mol. The summed E-state index contributed by atoms with van der Waals surface area (Å²) in [5.74, 6) is 8.52. The zero-order valence-electron chi connectivity index (χ0n) is 11.3. The number of aromatic nitrogens is 2. The average Bonchev–Trinajstić information content (AvgIpc) is 2.64. The Morgan fingerprint density at radius 3 is 2.89 bits per heavy atom. The molecule has 1 aromatic heterocycles. The van der Waals surface area contributed by atoms with Crippen LogP contribution in [0.4, 0.5) is 11.6 Å². The van der Waals surface area contributed by atoms with Gasteiger partial charge < -0.3 is 10.3 Å². The molecule has 100 valence electrons. The number of anilines is 2. The molecule has 2 rings (SSSR count). The number of nitrogen functional groups attached to an aromatic ring is 1. The lowest BCUT2D eigenvalue weighted by molar-refractivity contribution is 0.351. The molecule has 2 heterocycles. The van der Waals surface area contributed by atoms with E-state index in [1.165, 1.54) is 19.3 Å². The molecule has 1 aromatic rings. The SMILES string of the molecule is CC(C)C1CCCN(c2cncc(NN)n2)CC1. The number of hydrogen-bond donors (Lipinski definition) is 2. The van der Waals surface area contributed by atoms with Gasteiger partial charge in [0.05, 0.1) is 12.4 Å². The first-order valence-electron chi connectivity index (χ1n) is 6.74. The van der Waals surface area contributed by atoms with Crippen molar-refractivity contribution in [1.29, 1.82) is 0 Å². The van der Waals surface area contributed by atoms with Gasteiger partial charge in [-0.3, -0.25) is 4.98 Å². The van der Waals surface area contributed by atoms with Crippen molar-refractivity contribution < 1.29 is 0 Å². The summed E-state index contributed by atoms with van der Waals surface area (Å²) in [6, 6.07) is 0. The van der Waals surface area contributed by atoms with Gasteiger partial charge in [-0.25, -0.2) is 10.8 Å². The molecular formula is C13H23N5. The van der Waals surface area contributed by atoms with Crippen molar-refractivity contribution in [2.75, 3.05) is 23.4 Å². The van der Waals surface area contributed by atoms with Gasteiger partial charge in [-0.05, 0) is 31.1 Å². The summed E-state index contributed by atoms with van der Waals surface area (Å²) in [5, 5.41) is 0. The molecule has 3 N–H and O–H groups in total. The van der Waals surface area contributed by atoms with E-state index in [1.54, 1.807) is 6.20 Å². The highest BCUT2D eigenvalue weighted by Crippen LogP contribution is 2.26. The Kier molecular flexibility index (Phi) is 4.36. The van der Waals surface area contributed by atoms with Gasteiger partial charge >= 0.3 is 0 Å². The Balaban J connectivity index is 2.04. The number of nitrogens with two attached hydrogens (primary N) is 1. The molecule has 0 aliphatic carbocycles. The van der Waals surface area contributed by atoms with Crippen molar-refractivity contribution in [2.24, 2.45) is 17.7 Å². The van der Waals surface area contributed by atoms with Crippen LogP contribution in [0, 0.1) is 11.8 Å². The van der Waals surface area contributed by atoms with E-state index in [0.717, 1.165) is 30.7 Å². The molecule has 1 unspecified atom stereocenters. The molecule has 5 heteroatoms. The second kappa shape index (κ2) is 6.00. The predicted octanol–water partition coefficient (Wildman–Crippen LogP) is 2.02. The van der Waals surface area contributed by atoms with Crippen LogP contribution in [-0.4, -0.2) is 23.1 Å². The van der Waals surface area contributed by atoms with E-state index in [-0.39, 0.29) is 0 Å². The van der Waals surface area contributed by atoms with Crippen LogP contribution in [0.15, 0.2) is 12.4 Å². The van der Waals surface area contributed by atoms with Crippen LogP contribution in [0.5, 0.6) is 0 Å². The lowest BCUT2D eigenvalue weighted by atomic mass is 9.89. The van der Waals surface area contributed by atoms with Crippen molar-refractivity contribution >= 4 is 11.6 Å². The minimum Gasteiger partial charge on any atom is -0.355 e. The molecule has 0 saturated carbocycles. The monoisotopic (exact) mass is 249 g/mol. The van der Waals surface area contributed by atoms with Gasteiger partial charge in [0, 0.05) is 13.1 Å². The van der Waals surface area contributed by atoms with Gasteiger partial charge in [-0.15, -0.1) is 0 Å². The van der Waals surface area contributed by atoms with E-state index >= 15 is 0 Å². The third kappa shape index (κ3) is 3.10. The van der Waals surface area contributed by atoms with Crippen LogP contribution < -0.4 is 16.2 Å². The number of nitrogens with zero attached hydrogens (tertiary/aromatic N) is 3. The van der Waals surface area contributed by atoms with Crippen molar-refractivity contribution in [2.45, 2.75) is 33.1 Å². The molecule has 1 aliphatic rings. The number of rotatable bonds is 3. The Bertz CT molecular complexity index is 379. The Hall–Kier alpha value is -1.36. The van der Waals surface area contributed by atoms with Gasteiger partial charge in [-0.1, -0.05) is 13.8 Å². The van der Waals surface area contributed by atoms with Crippen LogP contribution in [0.3, 0.4) is 0 Å². The molecule has 1 saturated heterocycles. The summed E-state index contributed by atoms with van der Waals surface area (Å²) in [4.78, 5) is 10.9. The van der Waals surface area contributed by atoms with E-state index in [1.807, 2.05) is 6.20 Å². The molecule has 0 bridgehead atoms. The summed E-state index contributed by atoms with van der Waals surface area (Å²) < 4.78 is 0. The molecule has 1 atom stereocenters. The first-order valence-corrected chi connectivity index (χ1v) is 6.74. The van der Waals surface area contributed by atoms with Gasteiger partial charge in [0.2, 0.25) is 0 Å².